The fourth-order valence-corrected chi connectivity index (χ4v) is 3.02. The minimum Gasteiger partial charge on any atom is -0.471 e. The van der Waals surface area contributed by atoms with E-state index in [-0.39, 0.29) is 24.1 Å². The Morgan fingerprint density at radius 3 is 2.59 bits per heavy atom. The molecule has 0 unspecified atom stereocenters. The molecule has 1 aromatic heterocycles. The third-order valence-electron chi connectivity index (χ3n) is 4.56. The number of aromatic nitrogens is 1. The van der Waals surface area contributed by atoms with Crippen molar-refractivity contribution in [2.75, 3.05) is 13.1 Å². The Morgan fingerprint density at radius 1 is 1.11 bits per heavy atom. The lowest BCUT2D eigenvalue weighted by molar-refractivity contribution is -0.384. The number of rotatable bonds is 5. The topological polar surface area (TPSA) is 85.6 Å². The van der Waals surface area contributed by atoms with E-state index in [1.807, 2.05) is 36.4 Å². The molecule has 1 saturated heterocycles. The molecule has 3 aromatic rings. The second kappa shape index (κ2) is 7.03. The van der Waals surface area contributed by atoms with Crippen LogP contribution in [0.4, 0.5) is 5.69 Å². The van der Waals surface area contributed by atoms with Gasteiger partial charge in [0.15, 0.2) is 0 Å². The molecule has 1 fully saturated rings. The molecule has 2 aromatic carbocycles. The van der Waals surface area contributed by atoms with Gasteiger partial charge >= 0.3 is 0 Å². The summed E-state index contributed by atoms with van der Waals surface area (Å²) in [4.78, 5) is 28.7. The number of ether oxygens (including phenoxy) is 1. The number of para-hydroxylation sites is 1. The average Bonchev–Trinajstić information content (AvgIpc) is 2.64. The van der Waals surface area contributed by atoms with E-state index in [1.54, 1.807) is 17.0 Å². The second-order valence-corrected chi connectivity index (χ2v) is 6.48. The van der Waals surface area contributed by atoms with Crippen LogP contribution in [0.15, 0.2) is 60.7 Å². The van der Waals surface area contributed by atoms with Crippen molar-refractivity contribution in [3.05, 3.63) is 76.3 Å². The third-order valence-corrected chi connectivity index (χ3v) is 4.56. The van der Waals surface area contributed by atoms with E-state index in [1.165, 1.54) is 12.1 Å². The molecule has 1 amide bonds. The van der Waals surface area contributed by atoms with Crippen molar-refractivity contribution in [2.24, 2.45) is 0 Å². The number of benzene rings is 2. The van der Waals surface area contributed by atoms with Crippen molar-refractivity contribution in [1.29, 1.82) is 0 Å². The molecular formula is C20H17N3O4. The first-order valence-corrected chi connectivity index (χ1v) is 8.62. The molecule has 0 saturated carbocycles. The summed E-state index contributed by atoms with van der Waals surface area (Å²) in [6.45, 7) is 1.03. The van der Waals surface area contributed by atoms with Gasteiger partial charge in [-0.1, -0.05) is 30.3 Å². The number of carbonyl (C=O) groups is 1. The van der Waals surface area contributed by atoms with E-state index in [0.717, 1.165) is 16.5 Å². The summed E-state index contributed by atoms with van der Waals surface area (Å²) in [6, 6.07) is 17.7. The van der Waals surface area contributed by atoms with Gasteiger partial charge in [0.1, 0.15) is 6.10 Å². The number of fused-ring (bicyclic) bond motifs is 1. The molecule has 0 N–H and O–H groups in total. The zero-order chi connectivity index (χ0) is 18.8. The lowest BCUT2D eigenvalue weighted by atomic mass is 10.1. The van der Waals surface area contributed by atoms with Crippen LogP contribution in [0.3, 0.4) is 0 Å². The highest BCUT2D eigenvalue weighted by atomic mass is 16.6. The summed E-state index contributed by atoms with van der Waals surface area (Å²) in [5.74, 6) is 0.538. The summed E-state index contributed by atoms with van der Waals surface area (Å²) >= 11 is 0. The number of amides is 1. The maximum absolute atomic E-state index is 12.3. The molecule has 0 atom stereocenters. The number of carbonyl (C=O) groups excluding carboxylic acids is 1. The number of non-ortho nitro benzene ring substituents is 1. The molecule has 0 aliphatic carbocycles. The van der Waals surface area contributed by atoms with E-state index in [4.69, 9.17) is 4.74 Å². The summed E-state index contributed by atoms with van der Waals surface area (Å²) in [6.07, 6.45) is 0.151. The lowest BCUT2D eigenvalue weighted by Crippen LogP contribution is -2.56. The number of likely N-dealkylation sites (tertiary alicyclic amines) is 1. The van der Waals surface area contributed by atoms with Crippen molar-refractivity contribution in [1.82, 2.24) is 9.88 Å². The Kier molecular flexibility index (Phi) is 4.42. The Balaban J connectivity index is 1.30. The Bertz CT molecular complexity index is 998. The van der Waals surface area contributed by atoms with Crippen LogP contribution in [0, 0.1) is 10.1 Å². The zero-order valence-corrected chi connectivity index (χ0v) is 14.4. The normalized spacial score (nSPS) is 14.0. The van der Waals surface area contributed by atoms with Crippen molar-refractivity contribution < 1.29 is 14.5 Å². The standard InChI is InChI=1S/C20H17N3O4/c24-20(11-14-5-8-16(9-6-14)23(25)26)22-12-17(13-22)27-19-10-7-15-3-1-2-4-18(15)21-19/h1-10,17H,11-13H2. The second-order valence-electron chi connectivity index (χ2n) is 6.48. The summed E-state index contributed by atoms with van der Waals surface area (Å²) in [5, 5.41) is 11.7. The molecule has 0 radical (unpaired) electrons. The van der Waals surface area contributed by atoms with Crippen molar-refractivity contribution in [3.63, 3.8) is 0 Å². The minimum atomic E-state index is -0.455. The van der Waals surface area contributed by atoms with Crippen LogP contribution in [-0.4, -0.2) is 39.9 Å². The Labute approximate surface area is 155 Å². The maximum atomic E-state index is 12.3. The van der Waals surface area contributed by atoms with Crippen LogP contribution in [0.5, 0.6) is 5.88 Å². The first kappa shape index (κ1) is 17.0. The predicted molar refractivity (Wildman–Crippen MR) is 99.5 cm³/mol. The van der Waals surface area contributed by atoms with Crippen LogP contribution in [0.2, 0.25) is 0 Å². The van der Waals surface area contributed by atoms with Crippen molar-refractivity contribution >= 4 is 22.5 Å². The van der Waals surface area contributed by atoms with Gasteiger partial charge in [0, 0.05) is 23.6 Å². The third kappa shape index (κ3) is 3.72. The quantitative estimate of drug-likeness (QED) is 0.514. The van der Waals surface area contributed by atoms with Gasteiger partial charge in [0.2, 0.25) is 11.8 Å². The Morgan fingerprint density at radius 2 is 1.85 bits per heavy atom. The molecule has 7 heteroatoms. The van der Waals surface area contributed by atoms with E-state index in [9.17, 15) is 14.9 Å². The molecule has 1 aliphatic heterocycles. The van der Waals surface area contributed by atoms with Gasteiger partial charge in [-0.05, 0) is 17.7 Å². The summed E-state index contributed by atoms with van der Waals surface area (Å²) in [7, 11) is 0. The highest BCUT2D eigenvalue weighted by molar-refractivity contribution is 5.80. The van der Waals surface area contributed by atoms with Gasteiger partial charge in [-0.15, -0.1) is 0 Å². The molecule has 0 bridgehead atoms. The smallest absolute Gasteiger partial charge is 0.269 e. The van der Waals surface area contributed by atoms with Crippen LogP contribution in [0.25, 0.3) is 10.9 Å². The number of nitrogens with zero attached hydrogens (tertiary/aromatic N) is 3. The SMILES string of the molecule is O=C(Cc1ccc([N+](=O)[O-])cc1)N1CC(Oc2ccc3ccccc3n2)C1. The molecule has 4 rings (SSSR count). The molecule has 0 spiro atoms. The van der Waals surface area contributed by atoms with E-state index < -0.39 is 4.92 Å². The Hall–Kier alpha value is -3.48. The molecule has 2 heterocycles. The number of pyridine rings is 1. The monoisotopic (exact) mass is 363 g/mol. The lowest BCUT2D eigenvalue weighted by Gasteiger charge is -2.38. The van der Waals surface area contributed by atoms with Crippen LogP contribution in [0.1, 0.15) is 5.56 Å². The maximum Gasteiger partial charge on any atom is 0.269 e. The zero-order valence-electron chi connectivity index (χ0n) is 14.4. The highest BCUT2D eigenvalue weighted by Gasteiger charge is 2.32. The van der Waals surface area contributed by atoms with Gasteiger partial charge in [-0.25, -0.2) is 4.98 Å². The van der Waals surface area contributed by atoms with Crippen molar-refractivity contribution in [2.45, 2.75) is 12.5 Å². The van der Waals surface area contributed by atoms with Gasteiger partial charge in [0.25, 0.3) is 5.69 Å². The minimum absolute atomic E-state index is 0.0184. The van der Waals surface area contributed by atoms with Gasteiger partial charge in [-0.2, -0.15) is 0 Å². The largest absolute Gasteiger partial charge is 0.471 e. The fraction of sp³-hybridized carbons (Fsp3) is 0.200. The summed E-state index contributed by atoms with van der Waals surface area (Å²) in [5.41, 5.74) is 1.65. The number of nitro groups is 1. The average molecular weight is 363 g/mol. The molecule has 136 valence electrons. The van der Waals surface area contributed by atoms with Gasteiger partial charge in [-0.3, -0.25) is 14.9 Å². The summed E-state index contributed by atoms with van der Waals surface area (Å²) < 4.78 is 5.85. The van der Waals surface area contributed by atoms with Crippen LogP contribution < -0.4 is 4.74 Å². The first-order chi connectivity index (χ1) is 13.1. The van der Waals surface area contributed by atoms with Gasteiger partial charge in [0.05, 0.1) is 30.0 Å². The van der Waals surface area contributed by atoms with Gasteiger partial charge < -0.3 is 9.64 Å². The molecule has 1 aliphatic rings. The van der Waals surface area contributed by atoms with Crippen molar-refractivity contribution in [3.8, 4) is 5.88 Å². The number of nitro benzene ring substituents is 1. The molecule has 7 nitrogen and oxygen atoms in total. The predicted octanol–water partition coefficient (Wildman–Crippen LogP) is 2.98. The van der Waals surface area contributed by atoms with E-state index in [2.05, 4.69) is 4.98 Å². The number of hydrogen-bond acceptors (Lipinski definition) is 5. The number of hydrogen-bond donors (Lipinski definition) is 0. The molecular weight excluding hydrogens is 346 g/mol. The molecule has 27 heavy (non-hydrogen) atoms. The van der Waals surface area contributed by atoms with E-state index in [0.29, 0.717) is 19.0 Å². The van der Waals surface area contributed by atoms with E-state index >= 15 is 0 Å². The fourth-order valence-electron chi connectivity index (χ4n) is 3.02. The highest BCUT2D eigenvalue weighted by Crippen LogP contribution is 2.21. The first-order valence-electron chi connectivity index (χ1n) is 8.62. The van der Waals surface area contributed by atoms with Crippen LogP contribution in [-0.2, 0) is 11.2 Å². The van der Waals surface area contributed by atoms with Crippen LogP contribution >= 0.6 is 0 Å².